The lowest BCUT2D eigenvalue weighted by molar-refractivity contribution is -0.121. The number of carbonyl (C=O) groups is 1. The number of hydrogen-bond donors (Lipinski definition) is 2. The SMILES string of the molecule is COc1ccc2[nH]c3c(c2c1)CCC[C@H]3NC(=O)Cc1c(C)c2cc3c(C)c(C)oc3cc2oc1=O. The van der Waals surface area contributed by atoms with Crippen molar-refractivity contribution in [3.05, 3.63) is 74.5 Å². The summed E-state index contributed by atoms with van der Waals surface area (Å²) in [5.41, 5.74) is 6.16. The number of aromatic nitrogens is 1. The average Bonchev–Trinajstić information content (AvgIpc) is 3.37. The number of H-pyrrole nitrogens is 1. The van der Waals surface area contributed by atoms with Gasteiger partial charge in [-0.3, -0.25) is 4.79 Å². The van der Waals surface area contributed by atoms with Crippen LogP contribution in [0.15, 0.2) is 44.0 Å². The second-order valence-corrected chi connectivity index (χ2v) is 9.74. The number of aromatic amines is 1. The van der Waals surface area contributed by atoms with Crippen LogP contribution in [0.25, 0.3) is 32.8 Å². The summed E-state index contributed by atoms with van der Waals surface area (Å²) in [5.74, 6) is 1.45. The zero-order chi connectivity index (χ0) is 25.1. The quantitative estimate of drug-likeness (QED) is 0.319. The predicted octanol–water partition coefficient (Wildman–Crippen LogP) is 5.69. The van der Waals surface area contributed by atoms with Gasteiger partial charge in [-0.05, 0) is 81.0 Å². The molecule has 184 valence electrons. The molecule has 2 aromatic carbocycles. The molecule has 2 N–H and O–H groups in total. The fourth-order valence-electron chi connectivity index (χ4n) is 5.55. The summed E-state index contributed by atoms with van der Waals surface area (Å²) in [6.07, 6.45) is 2.72. The van der Waals surface area contributed by atoms with Crippen LogP contribution < -0.4 is 15.7 Å². The highest BCUT2D eigenvalue weighted by Gasteiger charge is 2.27. The molecule has 0 fully saturated rings. The van der Waals surface area contributed by atoms with Crippen LogP contribution in [0.3, 0.4) is 0 Å². The third-order valence-corrected chi connectivity index (χ3v) is 7.67. The Morgan fingerprint density at radius 1 is 1.06 bits per heavy atom. The molecular weight excluding hydrogens is 456 g/mol. The second kappa shape index (κ2) is 8.29. The lowest BCUT2D eigenvalue weighted by Crippen LogP contribution is -2.33. The van der Waals surface area contributed by atoms with Crippen LogP contribution >= 0.6 is 0 Å². The minimum Gasteiger partial charge on any atom is -0.497 e. The molecule has 0 unspecified atom stereocenters. The number of ether oxygens (including phenoxy) is 1. The van der Waals surface area contributed by atoms with E-state index in [1.165, 1.54) is 5.56 Å². The van der Waals surface area contributed by atoms with Crippen molar-refractivity contribution in [1.29, 1.82) is 0 Å². The van der Waals surface area contributed by atoms with E-state index in [4.69, 9.17) is 13.6 Å². The van der Waals surface area contributed by atoms with Gasteiger partial charge in [0.1, 0.15) is 22.7 Å². The highest BCUT2D eigenvalue weighted by Crippen LogP contribution is 2.36. The zero-order valence-corrected chi connectivity index (χ0v) is 20.8. The second-order valence-electron chi connectivity index (χ2n) is 9.74. The van der Waals surface area contributed by atoms with Gasteiger partial charge in [0.15, 0.2) is 0 Å². The highest BCUT2D eigenvalue weighted by molar-refractivity contribution is 5.97. The fourth-order valence-corrected chi connectivity index (χ4v) is 5.55. The van der Waals surface area contributed by atoms with Gasteiger partial charge in [0.25, 0.3) is 0 Å². The Morgan fingerprint density at radius 3 is 2.64 bits per heavy atom. The molecule has 3 aromatic heterocycles. The Bertz CT molecular complexity index is 1740. The minimum atomic E-state index is -0.489. The van der Waals surface area contributed by atoms with E-state index in [1.54, 1.807) is 13.2 Å². The molecule has 0 aliphatic heterocycles. The lowest BCUT2D eigenvalue weighted by Gasteiger charge is -2.24. The van der Waals surface area contributed by atoms with Crippen LogP contribution in [-0.2, 0) is 17.6 Å². The molecule has 5 aromatic rings. The maximum atomic E-state index is 13.2. The maximum Gasteiger partial charge on any atom is 0.340 e. The van der Waals surface area contributed by atoms with Crippen molar-refractivity contribution < 1.29 is 18.4 Å². The largest absolute Gasteiger partial charge is 0.497 e. The summed E-state index contributed by atoms with van der Waals surface area (Å²) < 4.78 is 16.8. The van der Waals surface area contributed by atoms with Crippen LogP contribution in [-0.4, -0.2) is 18.0 Å². The number of fused-ring (bicyclic) bond motifs is 5. The zero-order valence-electron chi connectivity index (χ0n) is 20.8. The van der Waals surface area contributed by atoms with E-state index in [9.17, 15) is 9.59 Å². The minimum absolute atomic E-state index is 0.0363. The summed E-state index contributed by atoms with van der Waals surface area (Å²) in [6.45, 7) is 5.80. The van der Waals surface area contributed by atoms with Crippen molar-refractivity contribution in [3.8, 4) is 5.75 Å². The summed E-state index contributed by atoms with van der Waals surface area (Å²) in [4.78, 5) is 29.5. The van der Waals surface area contributed by atoms with Crippen LogP contribution in [0.5, 0.6) is 5.75 Å². The van der Waals surface area contributed by atoms with Crippen molar-refractivity contribution >= 4 is 38.7 Å². The molecule has 1 atom stereocenters. The maximum absolute atomic E-state index is 13.2. The number of benzene rings is 2. The number of carbonyl (C=O) groups excluding carboxylic acids is 1. The Morgan fingerprint density at radius 2 is 1.83 bits per heavy atom. The molecule has 1 amide bonds. The summed E-state index contributed by atoms with van der Waals surface area (Å²) in [7, 11) is 1.66. The van der Waals surface area contributed by atoms with E-state index in [0.717, 1.165) is 69.3 Å². The number of nitrogens with one attached hydrogen (secondary N) is 2. The number of furan rings is 1. The van der Waals surface area contributed by atoms with Gasteiger partial charge in [-0.2, -0.15) is 0 Å². The Hall–Kier alpha value is -4.00. The first-order chi connectivity index (χ1) is 17.3. The number of methoxy groups -OCH3 is 1. The third-order valence-electron chi connectivity index (χ3n) is 7.67. The Kier molecular flexibility index (Phi) is 5.18. The number of amides is 1. The molecule has 6 rings (SSSR count). The molecule has 0 saturated heterocycles. The number of aryl methyl sites for hydroxylation is 4. The van der Waals surface area contributed by atoms with Gasteiger partial charge in [0.05, 0.1) is 25.1 Å². The van der Waals surface area contributed by atoms with Gasteiger partial charge in [-0.1, -0.05) is 0 Å². The molecule has 1 aliphatic carbocycles. The van der Waals surface area contributed by atoms with Crippen LogP contribution in [0, 0.1) is 20.8 Å². The Labute approximate surface area is 207 Å². The lowest BCUT2D eigenvalue weighted by atomic mass is 9.91. The van der Waals surface area contributed by atoms with Crippen LogP contribution in [0.2, 0.25) is 0 Å². The van der Waals surface area contributed by atoms with E-state index in [-0.39, 0.29) is 18.4 Å². The van der Waals surface area contributed by atoms with E-state index in [0.29, 0.717) is 16.7 Å². The Balaban J connectivity index is 1.31. The van der Waals surface area contributed by atoms with Gasteiger partial charge in [0.2, 0.25) is 5.91 Å². The van der Waals surface area contributed by atoms with Crippen molar-refractivity contribution in [3.63, 3.8) is 0 Å². The van der Waals surface area contributed by atoms with Crippen molar-refractivity contribution in [2.45, 2.75) is 52.5 Å². The van der Waals surface area contributed by atoms with Gasteiger partial charge in [-0.25, -0.2) is 4.79 Å². The normalized spacial score (nSPS) is 15.5. The van der Waals surface area contributed by atoms with Crippen molar-refractivity contribution in [1.82, 2.24) is 10.3 Å². The molecule has 36 heavy (non-hydrogen) atoms. The first-order valence-corrected chi connectivity index (χ1v) is 12.3. The summed E-state index contributed by atoms with van der Waals surface area (Å²) in [5, 5.41) is 6.09. The first-order valence-electron chi connectivity index (χ1n) is 12.3. The van der Waals surface area contributed by atoms with E-state index in [2.05, 4.69) is 10.3 Å². The van der Waals surface area contributed by atoms with Gasteiger partial charge < -0.3 is 23.9 Å². The molecule has 1 aliphatic rings. The molecule has 7 nitrogen and oxygen atoms in total. The van der Waals surface area contributed by atoms with E-state index >= 15 is 0 Å². The molecule has 0 radical (unpaired) electrons. The van der Waals surface area contributed by atoms with Crippen molar-refractivity contribution in [2.24, 2.45) is 0 Å². The number of rotatable bonds is 4. The van der Waals surface area contributed by atoms with Crippen LogP contribution in [0.1, 0.15) is 52.6 Å². The molecular formula is C29H28N2O5. The highest BCUT2D eigenvalue weighted by atomic mass is 16.5. The van der Waals surface area contributed by atoms with Crippen molar-refractivity contribution in [2.75, 3.05) is 7.11 Å². The molecule has 0 spiro atoms. The van der Waals surface area contributed by atoms with Gasteiger partial charge >= 0.3 is 5.63 Å². The average molecular weight is 485 g/mol. The standard InChI is InChI=1S/C29H28N2O5/c1-14-16(3)35-25-13-26-20(11-19(14)25)15(2)21(29(33)36-26)12-27(32)30-24-7-5-6-18-22-10-17(34-4)8-9-23(22)31-28(18)24/h8-11,13,24,31H,5-7,12H2,1-4H3,(H,30,32)/t24-/m1/s1. The van der Waals surface area contributed by atoms with Gasteiger partial charge in [0, 0.05) is 33.4 Å². The third kappa shape index (κ3) is 3.49. The fraction of sp³-hybridized carbons (Fsp3) is 0.310. The number of hydrogen-bond acceptors (Lipinski definition) is 5. The van der Waals surface area contributed by atoms with E-state index in [1.807, 2.05) is 45.0 Å². The summed E-state index contributed by atoms with van der Waals surface area (Å²) >= 11 is 0. The van der Waals surface area contributed by atoms with Crippen LogP contribution in [0.4, 0.5) is 0 Å². The van der Waals surface area contributed by atoms with Gasteiger partial charge in [-0.15, -0.1) is 0 Å². The molecule has 0 saturated carbocycles. The molecule has 0 bridgehead atoms. The monoisotopic (exact) mass is 484 g/mol. The smallest absolute Gasteiger partial charge is 0.340 e. The molecule has 3 heterocycles. The van der Waals surface area contributed by atoms with E-state index < -0.39 is 5.63 Å². The predicted molar refractivity (Wildman–Crippen MR) is 139 cm³/mol. The first kappa shape index (κ1) is 22.5. The molecule has 7 heteroatoms. The summed E-state index contributed by atoms with van der Waals surface area (Å²) in [6, 6.07) is 9.59. The topological polar surface area (TPSA) is 97.5 Å².